The summed E-state index contributed by atoms with van der Waals surface area (Å²) in [6, 6.07) is 3.18. The summed E-state index contributed by atoms with van der Waals surface area (Å²) in [5.74, 6) is -1.60. The fourth-order valence-corrected chi connectivity index (χ4v) is 1.87. The standard InChI is InChI=1S/C13H20F2N2/c1-3-7-17(8-4-2)11-6-5-10(9-16)12(14)13(11)15/h5-6H,3-4,7-9,16H2,1-2H3. The maximum atomic E-state index is 13.9. The van der Waals surface area contributed by atoms with Gasteiger partial charge < -0.3 is 10.6 Å². The van der Waals surface area contributed by atoms with E-state index in [1.165, 1.54) is 0 Å². The first kappa shape index (κ1) is 13.9. The van der Waals surface area contributed by atoms with Crippen molar-refractivity contribution in [1.82, 2.24) is 0 Å². The molecule has 17 heavy (non-hydrogen) atoms. The van der Waals surface area contributed by atoms with Crippen LogP contribution in [0.1, 0.15) is 32.3 Å². The van der Waals surface area contributed by atoms with Crippen LogP contribution in [0.25, 0.3) is 0 Å². The second-order valence-electron chi connectivity index (χ2n) is 4.06. The lowest BCUT2D eigenvalue weighted by Gasteiger charge is -2.24. The van der Waals surface area contributed by atoms with E-state index in [0.29, 0.717) is 5.69 Å². The van der Waals surface area contributed by atoms with Crippen molar-refractivity contribution in [3.05, 3.63) is 29.3 Å². The molecule has 0 heterocycles. The van der Waals surface area contributed by atoms with Crippen molar-refractivity contribution < 1.29 is 8.78 Å². The molecular formula is C13H20F2N2. The van der Waals surface area contributed by atoms with Crippen LogP contribution >= 0.6 is 0 Å². The van der Waals surface area contributed by atoms with E-state index in [1.54, 1.807) is 12.1 Å². The Morgan fingerprint density at radius 3 is 2.12 bits per heavy atom. The molecule has 2 N–H and O–H groups in total. The topological polar surface area (TPSA) is 29.3 Å². The Morgan fingerprint density at radius 2 is 1.65 bits per heavy atom. The van der Waals surface area contributed by atoms with Crippen molar-refractivity contribution in [2.24, 2.45) is 5.73 Å². The molecule has 0 bridgehead atoms. The molecule has 0 spiro atoms. The molecule has 1 aromatic carbocycles. The zero-order valence-electron chi connectivity index (χ0n) is 10.5. The summed E-state index contributed by atoms with van der Waals surface area (Å²) in [4.78, 5) is 1.87. The molecule has 1 rings (SSSR count). The van der Waals surface area contributed by atoms with Gasteiger partial charge in [-0.15, -0.1) is 0 Å². The van der Waals surface area contributed by atoms with Gasteiger partial charge in [0.25, 0.3) is 0 Å². The van der Waals surface area contributed by atoms with E-state index in [4.69, 9.17) is 5.73 Å². The Kier molecular flexibility index (Phi) is 5.35. The lowest BCUT2D eigenvalue weighted by molar-refractivity contribution is 0.496. The van der Waals surface area contributed by atoms with E-state index in [9.17, 15) is 8.78 Å². The van der Waals surface area contributed by atoms with Crippen LogP contribution in [0.5, 0.6) is 0 Å². The van der Waals surface area contributed by atoms with Crippen LogP contribution in [0.2, 0.25) is 0 Å². The molecule has 0 radical (unpaired) electrons. The molecule has 0 amide bonds. The van der Waals surface area contributed by atoms with Gasteiger partial charge in [0, 0.05) is 25.2 Å². The molecule has 0 fully saturated rings. The predicted octanol–water partition coefficient (Wildman–Crippen LogP) is 3.05. The molecule has 0 saturated carbocycles. The second-order valence-corrected chi connectivity index (χ2v) is 4.06. The third-order valence-electron chi connectivity index (χ3n) is 2.69. The van der Waals surface area contributed by atoms with Crippen molar-refractivity contribution in [3.8, 4) is 0 Å². The minimum absolute atomic E-state index is 0.0184. The Morgan fingerprint density at radius 1 is 1.06 bits per heavy atom. The van der Waals surface area contributed by atoms with Crippen LogP contribution in [0.4, 0.5) is 14.5 Å². The highest BCUT2D eigenvalue weighted by molar-refractivity contribution is 5.49. The van der Waals surface area contributed by atoms with E-state index in [-0.39, 0.29) is 12.1 Å². The number of rotatable bonds is 6. The van der Waals surface area contributed by atoms with Gasteiger partial charge in [0.1, 0.15) is 0 Å². The molecule has 1 aromatic rings. The van der Waals surface area contributed by atoms with Gasteiger partial charge in [-0.05, 0) is 18.9 Å². The third-order valence-corrected chi connectivity index (χ3v) is 2.69. The highest BCUT2D eigenvalue weighted by Crippen LogP contribution is 2.24. The van der Waals surface area contributed by atoms with Crippen molar-refractivity contribution in [2.75, 3.05) is 18.0 Å². The van der Waals surface area contributed by atoms with Crippen molar-refractivity contribution in [2.45, 2.75) is 33.2 Å². The van der Waals surface area contributed by atoms with Crippen LogP contribution < -0.4 is 10.6 Å². The Bertz CT molecular complexity index is 361. The number of nitrogens with two attached hydrogens (primary N) is 1. The minimum atomic E-state index is -0.817. The second kappa shape index (κ2) is 6.55. The number of hydrogen-bond donors (Lipinski definition) is 1. The number of hydrogen-bond acceptors (Lipinski definition) is 2. The molecule has 2 nitrogen and oxygen atoms in total. The molecule has 0 aliphatic heterocycles. The summed E-state index contributed by atoms with van der Waals surface area (Å²) in [7, 11) is 0. The summed E-state index contributed by atoms with van der Waals surface area (Å²) >= 11 is 0. The highest BCUT2D eigenvalue weighted by atomic mass is 19.2. The molecule has 0 saturated heterocycles. The number of nitrogens with zero attached hydrogens (tertiary/aromatic N) is 1. The summed E-state index contributed by atoms with van der Waals surface area (Å²) < 4.78 is 27.5. The predicted molar refractivity (Wildman–Crippen MR) is 67.0 cm³/mol. The molecule has 96 valence electrons. The van der Waals surface area contributed by atoms with Crippen molar-refractivity contribution in [1.29, 1.82) is 0 Å². The van der Waals surface area contributed by atoms with Crippen molar-refractivity contribution in [3.63, 3.8) is 0 Å². The van der Waals surface area contributed by atoms with Gasteiger partial charge >= 0.3 is 0 Å². The number of benzene rings is 1. The van der Waals surface area contributed by atoms with Gasteiger partial charge in [0.2, 0.25) is 0 Å². The first-order chi connectivity index (χ1) is 8.15. The maximum absolute atomic E-state index is 13.9. The molecular weight excluding hydrogens is 222 g/mol. The van der Waals surface area contributed by atoms with E-state index in [1.807, 2.05) is 18.7 Å². The Balaban J connectivity index is 3.07. The van der Waals surface area contributed by atoms with Crippen LogP contribution in [-0.4, -0.2) is 13.1 Å². The fourth-order valence-electron chi connectivity index (χ4n) is 1.87. The van der Waals surface area contributed by atoms with E-state index in [2.05, 4.69) is 0 Å². The molecule has 0 aliphatic carbocycles. The summed E-state index contributed by atoms with van der Waals surface area (Å²) in [5, 5.41) is 0. The van der Waals surface area contributed by atoms with Gasteiger partial charge in [0.05, 0.1) is 5.69 Å². The number of anilines is 1. The zero-order valence-corrected chi connectivity index (χ0v) is 10.5. The van der Waals surface area contributed by atoms with Gasteiger partial charge in [-0.2, -0.15) is 0 Å². The highest BCUT2D eigenvalue weighted by Gasteiger charge is 2.16. The Labute approximate surface area is 101 Å². The lowest BCUT2D eigenvalue weighted by Crippen LogP contribution is -2.26. The molecule has 0 aromatic heterocycles. The molecule has 4 heteroatoms. The van der Waals surface area contributed by atoms with E-state index < -0.39 is 11.6 Å². The Hall–Kier alpha value is -1.16. The quantitative estimate of drug-likeness (QED) is 0.830. The maximum Gasteiger partial charge on any atom is 0.182 e. The van der Waals surface area contributed by atoms with E-state index in [0.717, 1.165) is 25.9 Å². The summed E-state index contributed by atoms with van der Waals surface area (Å²) in [5.41, 5.74) is 5.90. The SMILES string of the molecule is CCCN(CCC)c1ccc(CN)c(F)c1F. The smallest absolute Gasteiger partial charge is 0.182 e. The van der Waals surface area contributed by atoms with Crippen molar-refractivity contribution >= 4 is 5.69 Å². The first-order valence-electron chi connectivity index (χ1n) is 6.07. The normalized spacial score (nSPS) is 10.6. The van der Waals surface area contributed by atoms with Crippen LogP contribution in [0, 0.1) is 11.6 Å². The minimum Gasteiger partial charge on any atom is -0.369 e. The monoisotopic (exact) mass is 242 g/mol. The average molecular weight is 242 g/mol. The number of halogens is 2. The zero-order chi connectivity index (χ0) is 12.8. The fraction of sp³-hybridized carbons (Fsp3) is 0.538. The lowest BCUT2D eigenvalue weighted by atomic mass is 10.1. The van der Waals surface area contributed by atoms with Crippen LogP contribution in [-0.2, 0) is 6.54 Å². The van der Waals surface area contributed by atoms with Crippen LogP contribution in [0.15, 0.2) is 12.1 Å². The van der Waals surface area contributed by atoms with Crippen LogP contribution in [0.3, 0.4) is 0 Å². The van der Waals surface area contributed by atoms with Gasteiger partial charge in [-0.3, -0.25) is 0 Å². The average Bonchev–Trinajstić information content (AvgIpc) is 2.32. The summed E-state index contributed by atoms with van der Waals surface area (Å²) in [6.07, 6.45) is 1.80. The van der Waals surface area contributed by atoms with E-state index >= 15 is 0 Å². The molecule has 0 aliphatic rings. The third kappa shape index (κ3) is 3.16. The first-order valence-corrected chi connectivity index (χ1v) is 6.07. The molecule has 0 atom stereocenters. The molecule has 0 unspecified atom stereocenters. The van der Waals surface area contributed by atoms with Gasteiger partial charge in [0.15, 0.2) is 11.6 Å². The largest absolute Gasteiger partial charge is 0.369 e. The van der Waals surface area contributed by atoms with Gasteiger partial charge in [-0.1, -0.05) is 19.9 Å². The van der Waals surface area contributed by atoms with Gasteiger partial charge in [-0.25, -0.2) is 8.78 Å². The summed E-state index contributed by atoms with van der Waals surface area (Å²) in [6.45, 7) is 5.51.